The topological polar surface area (TPSA) is 46.3 Å². The predicted molar refractivity (Wildman–Crippen MR) is 46.7 cm³/mol. The van der Waals surface area contributed by atoms with Crippen LogP contribution in [0.1, 0.15) is 19.3 Å². The highest BCUT2D eigenvalue weighted by atomic mass is 35.5. The Kier molecular flexibility index (Phi) is 4.45. The molecule has 0 spiro atoms. The third-order valence-electron chi connectivity index (χ3n) is 2.14. The van der Waals surface area contributed by atoms with E-state index in [2.05, 4.69) is 0 Å². The van der Waals surface area contributed by atoms with Crippen LogP contribution < -0.4 is 5.73 Å². The van der Waals surface area contributed by atoms with Crippen molar-refractivity contribution in [3.05, 3.63) is 0 Å². The van der Waals surface area contributed by atoms with Gasteiger partial charge in [0.15, 0.2) is 0 Å². The minimum atomic E-state index is 0. The van der Waals surface area contributed by atoms with Crippen LogP contribution in [0.15, 0.2) is 0 Å². The van der Waals surface area contributed by atoms with Crippen molar-refractivity contribution in [3.8, 4) is 0 Å². The number of hydrogen-bond acceptors (Lipinski definition) is 2. The van der Waals surface area contributed by atoms with E-state index in [1.807, 2.05) is 7.05 Å². The van der Waals surface area contributed by atoms with Crippen LogP contribution in [0.4, 0.5) is 0 Å². The zero-order chi connectivity index (χ0) is 7.56. The maximum atomic E-state index is 11.0. The van der Waals surface area contributed by atoms with Gasteiger partial charge in [-0.3, -0.25) is 4.79 Å². The van der Waals surface area contributed by atoms with E-state index >= 15 is 0 Å². The minimum Gasteiger partial charge on any atom is -0.342 e. The Bertz CT molecular complexity index is 140. The maximum Gasteiger partial charge on any atom is 0.222 e. The van der Waals surface area contributed by atoms with Crippen molar-refractivity contribution in [2.75, 3.05) is 13.6 Å². The van der Waals surface area contributed by atoms with Crippen LogP contribution in [0.25, 0.3) is 0 Å². The summed E-state index contributed by atoms with van der Waals surface area (Å²) in [4.78, 5) is 12.8. The van der Waals surface area contributed by atoms with Gasteiger partial charge in [-0.2, -0.15) is 0 Å². The molecule has 1 saturated heterocycles. The van der Waals surface area contributed by atoms with Crippen LogP contribution in [0.3, 0.4) is 0 Å². The highest BCUT2D eigenvalue weighted by Gasteiger charge is 2.22. The fourth-order valence-electron chi connectivity index (χ4n) is 1.34. The lowest BCUT2D eigenvalue weighted by Crippen LogP contribution is -2.44. The standard InChI is InChI=1S/C7H14N2O.ClH/c1-9-6(5-8)3-2-4-7(9)10;/h6H,2-5,8H2,1H3;1H/t6-;/m1./s1. The van der Waals surface area contributed by atoms with Gasteiger partial charge in [-0.15, -0.1) is 12.4 Å². The number of halogens is 1. The molecular formula is C7H15ClN2O. The molecule has 1 aliphatic heterocycles. The first-order chi connectivity index (χ1) is 4.75. The Hall–Kier alpha value is -0.280. The van der Waals surface area contributed by atoms with Gasteiger partial charge in [-0.05, 0) is 12.8 Å². The average Bonchev–Trinajstić information content (AvgIpc) is 1.95. The van der Waals surface area contributed by atoms with Gasteiger partial charge in [-0.1, -0.05) is 0 Å². The van der Waals surface area contributed by atoms with E-state index in [0.29, 0.717) is 19.0 Å². The van der Waals surface area contributed by atoms with Crippen LogP contribution in [-0.2, 0) is 4.79 Å². The molecule has 0 unspecified atom stereocenters. The summed E-state index contributed by atoms with van der Waals surface area (Å²) >= 11 is 0. The first-order valence-corrected chi connectivity index (χ1v) is 3.71. The summed E-state index contributed by atoms with van der Waals surface area (Å²) in [5.41, 5.74) is 5.46. The van der Waals surface area contributed by atoms with Crippen LogP contribution >= 0.6 is 12.4 Å². The summed E-state index contributed by atoms with van der Waals surface area (Å²) in [6.07, 6.45) is 2.77. The zero-order valence-electron chi connectivity index (χ0n) is 6.75. The fourth-order valence-corrected chi connectivity index (χ4v) is 1.34. The third-order valence-corrected chi connectivity index (χ3v) is 2.14. The smallest absolute Gasteiger partial charge is 0.222 e. The molecule has 1 aliphatic rings. The Labute approximate surface area is 73.3 Å². The molecule has 0 radical (unpaired) electrons. The Morgan fingerprint density at radius 2 is 2.36 bits per heavy atom. The van der Waals surface area contributed by atoms with Gasteiger partial charge in [0, 0.05) is 26.1 Å². The van der Waals surface area contributed by atoms with E-state index < -0.39 is 0 Å². The average molecular weight is 179 g/mol. The number of nitrogens with two attached hydrogens (primary N) is 1. The van der Waals surface area contributed by atoms with E-state index in [4.69, 9.17) is 5.73 Å². The minimum absolute atomic E-state index is 0. The van der Waals surface area contributed by atoms with Crippen LogP contribution in [-0.4, -0.2) is 30.4 Å². The largest absolute Gasteiger partial charge is 0.342 e. The summed E-state index contributed by atoms with van der Waals surface area (Å²) in [7, 11) is 1.83. The molecule has 1 atom stereocenters. The van der Waals surface area contributed by atoms with Gasteiger partial charge in [0.05, 0.1) is 0 Å². The number of nitrogens with zero attached hydrogens (tertiary/aromatic N) is 1. The number of rotatable bonds is 1. The van der Waals surface area contributed by atoms with Gasteiger partial charge < -0.3 is 10.6 Å². The van der Waals surface area contributed by atoms with Gasteiger partial charge in [0.1, 0.15) is 0 Å². The van der Waals surface area contributed by atoms with E-state index in [0.717, 1.165) is 12.8 Å². The van der Waals surface area contributed by atoms with Gasteiger partial charge in [0.25, 0.3) is 0 Å². The molecule has 11 heavy (non-hydrogen) atoms. The second kappa shape index (κ2) is 4.57. The van der Waals surface area contributed by atoms with Crippen molar-refractivity contribution >= 4 is 18.3 Å². The van der Waals surface area contributed by atoms with Gasteiger partial charge in [-0.25, -0.2) is 0 Å². The molecule has 66 valence electrons. The molecule has 2 N–H and O–H groups in total. The SMILES string of the molecule is CN1C(=O)CCC[C@@H]1CN.Cl. The zero-order valence-corrected chi connectivity index (χ0v) is 7.56. The number of carbonyl (C=O) groups is 1. The van der Waals surface area contributed by atoms with E-state index in [1.165, 1.54) is 0 Å². The maximum absolute atomic E-state index is 11.0. The molecule has 0 aromatic carbocycles. The normalized spacial score (nSPS) is 24.7. The highest BCUT2D eigenvalue weighted by Crippen LogP contribution is 2.14. The molecule has 1 fully saturated rings. The van der Waals surface area contributed by atoms with Crippen molar-refractivity contribution in [1.29, 1.82) is 0 Å². The molecule has 0 aromatic rings. The lowest BCUT2D eigenvalue weighted by atomic mass is 10.0. The van der Waals surface area contributed by atoms with Crippen molar-refractivity contribution in [2.45, 2.75) is 25.3 Å². The van der Waals surface area contributed by atoms with Crippen molar-refractivity contribution in [2.24, 2.45) is 5.73 Å². The number of likely N-dealkylation sites (N-methyl/N-ethyl adjacent to an activating group) is 1. The second-order valence-corrected chi connectivity index (χ2v) is 2.79. The third kappa shape index (κ3) is 2.34. The molecular weight excluding hydrogens is 164 g/mol. The van der Waals surface area contributed by atoms with Crippen molar-refractivity contribution < 1.29 is 4.79 Å². The Balaban J connectivity index is 0.000001000. The van der Waals surface area contributed by atoms with Gasteiger partial charge >= 0.3 is 0 Å². The van der Waals surface area contributed by atoms with E-state index in [9.17, 15) is 4.79 Å². The lowest BCUT2D eigenvalue weighted by Gasteiger charge is -2.31. The Morgan fingerprint density at radius 1 is 1.73 bits per heavy atom. The predicted octanol–water partition coefficient (Wildman–Crippen LogP) is 0.378. The number of piperidine rings is 1. The first-order valence-electron chi connectivity index (χ1n) is 3.71. The molecule has 0 aliphatic carbocycles. The monoisotopic (exact) mass is 178 g/mol. The Morgan fingerprint density at radius 3 is 2.82 bits per heavy atom. The number of hydrogen-bond donors (Lipinski definition) is 1. The van der Waals surface area contributed by atoms with Crippen LogP contribution in [0, 0.1) is 0 Å². The van der Waals surface area contributed by atoms with Crippen molar-refractivity contribution in [1.82, 2.24) is 4.90 Å². The van der Waals surface area contributed by atoms with Crippen LogP contribution in [0.5, 0.6) is 0 Å². The number of amides is 1. The fraction of sp³-hybridized carbons (Fsp3) is 0.857. The summed E-state index contributed by atoms with van der Waals surface area (Å²) in [5, 5.41) is 0. The van der Waals surface area contributed by atoms with E-state index in [-0.39, 0.29) is 18.3 Å². The second-order valence-electron chi connectivity index (χ2n) is 2.79. The first kappa shape index (κ1) is 10.7. The number of carbonyl (C=O) groups excluding carboxylic acids is 1. The molecule has 4 heteroatoms. The summed E-state index contributed by atoms with van der Waals surface area (Å²) in [5.74, 6) is 0.238. The van der Waals surface area contributed by atoms with E-state index in [1.54, 1.807) is 4.90 Å². The lowest BCUT2D eigenvalue weighted by molar-refractivity contribution is -0.134. The highest BCUT2D eigenvalue weighted by molar-refractivity contribution is 5.85. The molecule has 1 rings (SSSR count). The molecule has 1 amide bonds. The summed E-state index contributed by atoms with van der Waals surface area (Å²) < 4.78 is 0. The van der Waals surface area contributed by atoms with Crippen LogP contribution in [0.2, 0.25) is 0 Å². The molecule has 0 saturated carbocycles. The molecule has 0 aromatic heterocycles. The molecule has 1 heterocycles. The molecule has 0 bridgehead atoms. The quantitative estimate of drug-likeness (QED) is 0.631. The van der Waals surface area contributed by atoms with Crippen molar-refractivity contribution in [3.63, 3.8) is 0 Å². The molecule has 3 nitrogen and oxygen atoms in total. The van der Waals surface area contributed by atoms with Gasteiger partial charge in [0.2, 0.25) is 5.91 Å². The summed E-state index contributed by atoms with van der Waals surface area (Å²) in [6.45, 7) is 0.599. The number of likely N-dealkylation sites (tertiary alicyclic amines) is 1. The summed E-state index contributed by atoms with van der Waals surface area (Å²) in [6, 6.07) is 0.293.